The van der Waals surface area contributed by atoms with Crippen molar-refractivity contribution in [2.24, 2.45) is 5.92 Å². The predicted octanol–water partition coefficient (Wildman–Crippen LogP) is 6.25. The molecule has 1 unspecified atom stereocenters. The molecule has 0 heterocycles. The fraction of sp³-hybridized carbons (Fsp3) is 0.600. The molecule has 0 saturated heterocycles. The van der Waals surface area contributed by atoms with Crippen LogP contribution >= 0.6 is 0 Å². The van der Waals surface area contributed by atoms with Crippen LogP contribution in [0.5, 0.6) is 0 Å². The molecule has 0 nitrogen and oxygen atoms in total. The second kappa shape index (κ2) is 6.61. The third kappa shape index (κ3) is 4.23. The monoisotopic (exact) mass is 272 g/mol. The van der Waals surface area contributed by atoms with Gasteiger partial charge in [0.1, 0.15) is 0 Å². The highest BCUT2D eigenvalue weighted by Gasteiger charge is 2.23. The molecule has 1 atom stereocenters. The Morgan fingerprint density at radius 3 is 1.85 bits per heavy atom. The number of rotatable bonds is 7. The Morgan fingerprint density at radius 2 is 1.45 bits per heavy atom. The van der Waals surface area contributed by atoms with Crippen molar-refractivity contribution in [2.75, 3.05) is 0 Å². The molecule has 0 bridgehead atoms. The minimum atomic E-state index is 0.242. The highest BCUT2D eigenvalue weighted by molar-refractivity contribution is 5.31. The van der Waals surface area contributed by atoms with E-state index in [1.165, 1.54) is 30.4 Å². The molecule has 1 rings (SSSR count). The summed E-state index contributed by atoms with van der Waals surface area (Å²) in [6.45, 7) is 17.7. The van der Waals surface area contributed by atoms with Gasteiger partial charge in [-0.25, -0.2) is 0 Å². The zero-order chi connectivity index (χ0) is 15.4. The third-order valence-electron chi connectivity index (χ3n) is 4.96. The maximum absolute atomic E-state index is 3.88. The van der Waals surface area contributed by atoms with Crippen LogP contribution in [-0.2, 0) is 10.8 Å². The smallest absolute Gasteiger partial charge is 0.0103 e. The highest BCUT2D eigenvalue weighted by Crippen LogP contribution is 2.33. The standard InChI is InChI=1S/C20H32/c1-8-16(3)14-15-20(6,7)18-12-10-17(11-13-18)19(4,5)9-2/h8,10-13,16H,1,9,14-15H2,2-7H3. The van der Waals surface area contributed by atoms with Crippen molar-refractivity contribution in [1.82, 2.24) is 0 Å². The maximum Gasteiger partial charge on any atom is -0.0103 e. The molecule has 0 radical (unpaired) electrons. The van der Waals surface area contributed by atoms with Crippen LogP contribution < -0.4 is 0 Å². The van der Waals surface area contributed by atoms with Gasteiger partial charge in [0.15, 0.2) is 0 Å². The van der Waals surface area contributed by atoms with Crippen LogP contribution in [-0.4, -0.2) is 0 Å². The largest absolute Gasteiger partial charge is 0.103 e. The van der Waals surface area contributed by atoms with Crippen molar-refractivity contribution >= 4 is 0 Å². The van der Waals surface area contributed by atoms with E-state index in [4.69, 9.17) is 0 Å². The van der Waals surface area contributed by atoms with Crippen LogP contribution in [0, 0.1) is 5.92 Å². The first kappa shape index (κ1) is 17.0. The molecular weight excluding hydrogens is 240 g/mol. The maximum atomic E-state index is 3.88. The minimum Gasteiger partial charge on any atom is -0.103 e. The van der Waals surface area contributed by atoms with Crippen LogP contribution in [0.1, 0.15) is 71.9 Å². The van der Waals surface area contributed by atoms with Crippen molar-refractivity contribution in [3.8, 4) is 0 Å². The number of hydrogen-bond acceptors (Lipinski definition) is 0. The Bertz CT molecular complexity index is 420. The molecule has 0 N–H and O–H groups in total. The molecule has 0 heteroatoms. The van der Waals surface area contributed by atoms with Gasteiger partial charge in [-0.15, -0.1) is 6.58 Å². The Hall–Kier alpha value is -1.04. The molecule has 1 aromatic carbocycles. The summed E-state index contributed by atoms with van der Waals surface area (Å²) in [5.74, 6) is 0.604. The lowest BCUT2D eigenvalue weighted by Crippen LogP contribution is -2.19. The number of allylic oxidation sites excluding steroid dienone is 1. The normalized spacial score (nSPS) is 14.1. The van der Waals surface area contributed by atoms with E-state index < -0.39 is 0 Å². The second-order valence-electron chi connectivity index (χ2n) is 7.45. The van der Waals surface area contributed by atoms with Gasteiger partial charge in [-0.2, -0.15) is 0 Å². The zero-order valence-corrected chi connectivity index (χ0v) is 14.3. The number of benzene rings is 1. The molecule has 0 saturated carbocycles. The van der Waals surface area contributed by atoms with Gasteiger partial charge in [-0.1, -0.05) is 71.9 Å². The first-order chi connectivity index (χ1) is 9.23. The van der Waals surface area contributed by atoms with E-state index in [0.717, 1.165) is 0 Å². The summed E-state index contributed by atoms with van der Waals surface area (Å²) in [5.41, 5.74) is 3.41. The van der Waals surface area contributed by atoms with Gasteiger partial charge in [0, 0.05) is 0 Å². The second-order valence-corrected chi connectivity index (χ2v) is 7.45. The molecule has 0 amide bonds. The van der Waals surface area contributed by atoms with Gasteiger partial charge in [0.05, 0.1) is 0 Å². The summed E-state index contributed by atoms with van der Waals surface area (Å²) in [4.78, 5) is 0. The van der Waals surface area contributed by atoms with Crippen LogP contribution in [0.3, 0.4) is 0 Å². The lowest BCUT2D eigenvalue weighted by molar-refractivity contribution is 0.429. The van der Waals surface area contributed by atoms with E-state index in [9.17, 15) is 0 Å². The summed E-state index contributed by atoms with van der Waals surface area (Å²) in [6, 6.07) is 9.28. The average Bonchev–Trinajstić information content (AvgIpc) is 2.45. The van der Waals surface area contributed by atoms with Gasteiger partial charge in [0.2, 0.25) is 0 Å². The third-order valence-corrected chi connectivity index (χ3v) is 4.96. The predicted molar refractivity (Wildman–Crippen MR) is 91.4 cm³/mol. The fourth-order valence-electron chi connectivity index (χ4n) is 2.43. The van der Waals surface area contributed by atoms with Gasteiger partial charge in [-0.05, 0) is 47.1 Å². The van der Waals surface area contributed by atoms with Gasteiger partial charge < -0.3 is 0 Å². The quantitative estimate of drug-likeness (QED) is 0.514. The molecule has 0 spiro atoms. The Labute approximate surface area is 126 Å². The Kier molecular flexibility index (Phi) is 5.62. The summed E-state index contributed by atoms with van der Waals surface area (Å²) in [5, 5.41) is 0. The first-order valence-electron chi connectivity index (χ1n) is 7.96. The SMILES string of the molecule is C=CC(C)CCC(C)(C)c1ccc(C(C)(C)CC)cc1. The summed E-state index contributed by atoms with van der Waals surface area (Å²) in [7, 11) is 0. The van der Waals surface area contributed by atoms with Crippen molar-refractivity contribution < 1.29 is 0 Å². The Balaban J connectivity index is 2.84. The summed E-state index contributed by atoms with van der Waals surface area (Å²) >= 11 is 0. The van der Waals surface area contributed by atoms with Crippen molar-refractivity contribution in [1.29, 1.82) is 0 Å². The van der Waals surface area contributed by atoms with E-state index >= 15 is 0 Å². The van der Waals surface area contributed by atoms with Crippen LogP contribution in [0.25, 0.3) is 0 Å². The van der Waals surface area contributed by atoms with Crippen molar-refractivity contribution in [2.45, 2.75) is 71.6 Å². The molecule has 0 aliphatic rings. The van der Waals surface area contributed by atoms with E-state index in [-0.39, 0.29) is 10.8 Å². The van der Waals surface area contributed by atoms with E-state index in [2.05, 4.69) is 78.5 Å². The Morgan fingerprint density at radius 1 is 1.00 bits per heavy atom. The van der Waals surface area contributed by atoms with Crippen molar-refractivity contribution in [3.63, 3.8) is 0 Å². The minimum absolute atomic E-state index is 0.242. The van der Waals surface area contributed by atoms with Crippen LogP contribution in [0.4, 0.5) is 0 Å². The lowest BCUT2D eigenvalue weighted by atomic mass is 9.76. The zero-order valence-electron chi connectivity index (χ0n) is 14.3. The van der Waals surface area contributed by atoms with Gasteiger partial charge in [-0.3, -0.25) is 0 Å². The molecule has 0 aromatic heterocycles. The van der Waals surface area contributed by atoms with E-state index in [0.29, 0.717) is 5.92 Å². The molecule has 112 valence electrons. The molecular formula is C20H32. The molecule has 0 aliphatic heterocycles. The lowest BCUT2D eigenvalue weighted by Gasteiger charge is -2.28. The molecule has 20 heavy (non-hydrogen) atoms. The molecule has 0 fully saturated rings. The van der Waals surface area contributed by atoms with Crippen LogP contribution in [0.15, 0.2) is 36.9 Å². The summed E-state index contributed by atoms with van der Waals surface area (Å²) in [6.07, 6.45) is 5.64. The fourth-order valence-corrected chi connectivity index (χ4v) is 2.43. The molecule has 1 aromatic rings. The average molecular weight is 272 g/mol. The first-order valence-corrected chi connectivity index (χ1v) is 7.96. The molecule has 0 aliphatic carbocycles. The number of hydrogen-bond donors (Lipinski definition) is 0. The van der Waals surface area contributed by atoms with Crippen molar-refractivity contribution in [3.05, 3.63) is 48.0 Å². The van der Waals surface area contributed by atoms with Gasteiger partial charge in [0.25, 0.3) is 0 Å². The van der Waals surface area contributed by atoms with E-state index in [1.807, 2.05) is 0 Å². The highest BCUT2D eigenvalue weighted by atomic mass is 14.3. The van der Waals surface area contributed by atoms with Crippen LogP contribution in [0.2, 0.25) is 0 Å². The topological polar surface area (TPSA) is 0 Å². The van der Waals surface area contributed by atoms with Gasteiger partial charge >= 0.3 is 0 Å². The summed E-state index contributed by atoms with van der Waals surface area (Å²) < 4.78 is 0. The van der Waals surface area contributed by atoms with E-state index in [1.54, 1.807) is 0 Å².